The summed E-state index contributed by atoms with van der Waals surface area (Å²) in [5.74, 6) is 0.923. The first kappa shape index (κ1) is 14.3. The first-order valence-corrected chi connectivity index (χ1v) is 7.72. The number of rotatable bonds is 4. The van der Waals surface area contributed by atoms with Crippen LogP contribution < -0.4 is 5.73 Å². The minimum Gasteiger partial charge on any atom is -0.380 e. The van der Waals surface area contributed by atoms with Crippen molar-refractivity contribution >= 4 is 0 Å². The van der Waals surface area contributed by atoms with E-state index in [1.807, 2.05) is 0 Å². The van der Waals surface area contributed by atoms with Gasteiger partial charge in [-0.2, -0.15) is 0 Å². The third kappa shape index (κ3) is 2.89. The summed E-state index contributed by atoms with van der Waals surface area (Å²) >= 11 is 0. The van der Waals surface area contributed by atoms with Crippen LogP contribution in [0.4, 0.5) is 0 Å². The van der Waals surface area contributed by atoms with Crippen molar-refractivity contribution in [2.75, 3.05) is 26.8 Å². The second-order valence-electron chi connectivity index (χ2n) is 6.26. The lowest BCUT2D eigenvalue weighted by atomic mass is 9.86. The monoisotopic (exact) mass is 254 g/mol. The molecule has 3 unspecified atom stereocenters. The summed E-state index contributed by atoms with van der Waals surface area (Å²) in [6.07, 6.45) is 9.14. The number of likely N-dealkylation sites (N-methyl/N-ethyl adjacent to an activating group) is 1. The number of hydrogen-bond donors (Lipinski definition) is 1. The van der Waals surface area contributed by atoms with Crippen molar-refractivity contribution in [1.82, 2.24) is 4.90 Å². The molecule has 0 amide bonds. The zero-order chi connectivity index (χ0) is 13.0. The molecule has 0 spiro atoms. The summed E-state index contributed by atoms with van der Waals surface area (Å²) in [7, 11) is 2.28. The Kier molecular flexibility index (Phi) is 5.05. The molecule has 0 aromatic rings. The van der Waals surface area contributed by atoms with Gasteiger partial charge in [0.1, 0.15) is 0 Å². The third-order valence-corrected chi connectivity index (χ3v) is 5.43. The largest absolute Gasteiger partial charge is 0.380 e. The minimum atomic E-state index is 0.238. The summed E-state index contributed by atoms with van der Waals surface area (Å²) in [5.41, 5.74) is 6.42. The van der Waals surface area contributed by atoms with E-state index in [0.29, 0.717) is 6.04 Å². The lowest BCUT2D eigenvalue weighted by Crippen LogP contribution is -2.56. The normalized spacial score (nSPS) is 38.0. The van der Waals surface area contributed by atoms with Gasteiger partial charge in [-0.15, -0.1) is 0 Å². The Morgan fingerprint density at radius 3 is 2.72 bits per heavy atom. The number of nitrogens with zero attached hydrogens (tertiary/aromatic N) is 1. The van der Waals surface area contributed by atoms with Crippen LogP contribution in [0.25, 0.3) is 0 Å². The van der Waals surface area contributed by atoms with Crippen molar-refractivity contribution < 1.29 is 4.74 Å². The molecule has 1 saturated carbocycles. The van der Waals surface area contributed by atoms with E-state index in [1.165, 1.54) is 44.9 Å². The van der Waals surface area contributed by atoms with Crippen LogP contribution in [0.3, 0.4) is 0 Å². The van der Waals surface area contributed by atoms with Crippen molar-refractivity contribution in [2.24, 2.45) is 11.7 Å². The highest BCUT2D eigenvalue weighted by molar-refractivity contribution is 4.96. The average Bonchev–Trinajstić information content (AvgIpc) is 2.84. The van der Waals surface area contributed by atoms with E-state index in [1.54, 1.807) is 0 Å². The van der Waals surface area contributed by atoms with Crippen LogP contribution in [0.5, 0.6) is 0 Å². The van der Waals surface area contributed by atoms with E-state index in [9.17, 15) is 0 Å². The van der Waals surface area contributed by atoms with Gasteiger partial charge in [0.25, 0.3) is 0 Å². The maximum atomic E-state index is 6.18. The van der Waals surface area contributed by atoms with E-state index < -0.39 is 0 Å². The molecule has 2 fully saturated rings. The van der Waals surface area contributed by atoms with Crippen LogP contribution in [-0.2, 0) is 4.74 Å². The summed E-state index contributed by atoms with van der Waals surface area (Å²) in [5, 5.41) is 0. The Bertz CT molecular complexity index is 253. The van der Waals surface area contributed by atoms with Gasteiger partial charge in [-0.25, -0.2) is 0 Å². The molecular formula is C15H30N2O. The zero-order valence-electron chi connectivity index (χ0n) is 12.2. The Balaban J connectivity index is 2.03. The number of ether oxygens (including phenoxy) is 1. The first-order chi connectivity index (χ1) is 8.72. The van der Waals surface area contributed by atoms with Crippen LogP contribution >= 0.6 is 0 Å². The summed E-state index contributed by atoms with van der Waals surface area (Å²) in [6.45, 7) is 4.95. The van der Waals surface area contributed by atoms with Gasteiger partial charge >= 0.3 is 0 Å². The highest BCUT2D eigenvalue weighted by Crippen LogP contribution is 2.36. The van der Waals surface area contributed by atoms with Crippen LogP contribution in [0.1, 0.15) is 51.9 Å². The molecule has 3 atom stereocenters. The van der Waals surface area contributed by atoms with Gasteiger partial charge < -0.3 is 10.5 Å². The molecule has 2 rings (SSSR count). The van der Waals surface area contributed by atoms with Crippen LogP contribution in [0.15, 0.2) is 0 Å². The SMILES string of the molecule is CCC1CCCC(CN)(N(C)C2CCOC2)CC1. The van der Waals surface area contributed by atoms with E-state index in [2.05, 4.69) is 18.9 Å². The number of nitrogens with two attached hydrogens (primary N) is 1. The molecule has 1 saturated heterocycles. The molecule has 3 heteroatoms. The van der Waals surface area contributed by atoms with Crippen molar-refractivity contribution in [2.45, 2.75) is 63.5 Å². The standard InChI is InChI=1S/C15H30N2O/c1-3-13-5-4-8-15(12-16,9-6-13)17(2)14-7-10-18-11-14/h13-14H,3-12,16H2,1-2H3. The molecule has 3 nitrogen and oxygen atoms in total. The van der Waals surface area contributed by atoms with Gasteiger partial charge in [0.15, 0.2) is 0 Å². The summed E-state index contributed by atoms with van der Waals surface area (Å²) in [6, 6.07) is 0.590. The Morgan fingerprint density at radius 1 is 1.28 bits per heavy atom. The molecule has 106 valence electrons. The molecule has 1 aliphatic heterocycles. The number of hydrogen-bond acceptors (Lipinski definition) is 3. The molecule has 0 radical (unpaired) electrons. The lowest BCUT2D eigenvalue weighted by molar-refractivity contribution is 0.0530. The predicted molar refractivity (Wildman–Crippen MR) is 75.6 cm³/mol. The van der Waals surface area contributed by atoms with Gasteiger partial charge in [0.05, 0.1) is 6.61 Å². The van der Waals surface area contributed by atoms with Crippen LogP contribution in [0.2, 0.25) is 0 Å². The van der Waals surface area contributed by atoms with Gasteiger partial charge in [-0.3, -0.25) is 4.90 Å². The third-order valence-electron chi connectivity index (χ3n) is 5.43. The van der Waals surface area contributed by atoms with Crippen molar-refractivity contribution in [3.05, 3.63) is 0 Å². The van der Waals surface area contributed by atoms with Crippen molar-refractivity contribution in [1.29, 1.82) is 0 Å². The Hall–Kier alpha value is -0.120. The van der Waals surface area contributed by atoms with Crippen LogP contribution in [0, 0.1) is 5.92 Å². The lowest BCUT2D eigenvalue weighted by Gasteiger charge is -2.44. The van der Waals surface area contributed by atoms with Crippen molar-refractivity contribution in [3.8, 4) is 0 Å². The molecule has 0 aromatic carbocycles. The molecule has 1 aliphatic carbocycles. The first-order valence-electron chi connectivity index (χ1n) is 7.72. The Labute approximate surface area is 112 Å². The molecule has 18 heavy (non-hydrogen) atoms. The smallest absolute Gasteiger partial charge is 0.0622 e. The Morgan fingerprint density at radius 2 is 2.11 bits per heavy atom. The minimum absolute atomic E-state index is 0.238. The zero-order valence-corrected chi connectivity index (χ0v) is 12.2. The fourth-order valence-electron chi connectivity index (χ4n) is 3.79. The summed E-state index contributed by atoms with van der Waals surface area (Å²) < 4.78 is 5.55. The maximum Gasteiger partial charge on any atom is 0.0622 e. The van der Waals surface area contributed by atoms with E-state index in [4.69, 9.17) is 10.5 Å². The maximum absolute atomic E-state index is 6.18. The molecule has 0 aromatic heterocycles. The van der Waals surface area contributed by atoms with Gasteiger partial charge in [-0.05, 0) is 38.6 Å². The molecule has 2 aliphatic rings. The molecule has 1 heterocycles. The highest BCUT2D eigenvalue weighted by atomic mass is 16.5. The highest BCUT2D eigenvalue weighted by Gasteiger charge is 2.39. The molecular weight excluding hydrogens is 224 g/mol. The van der Waals surface area contributed by atoms with Gasteiger partial charge in [0, 0.05) is 24.7 Å². The fourth-order valence-corrected chi connectivity index (χ4v) is 3.79. The van der Waals surface area contributed by atoms with Crippen molar-refractivity contribution in [3.63, 3.8) is 0 Å². The average molecular weight is 254 g/mol. The van der Waals surface area contributed by atoms with Gasteiger partial charge in [-0.1, -0.05) is 26.2 Å². The summed E-state index contributed by atoms with van der Waals surface area (Å²) in [4.78, 5) is 2.57. The van der Waals surface area contributed by atoms with Crippen LogP contribution in [-0.4, -0.2) is 43.3 Å². The van der Waals surface area contributed by atoms with E-state index in [-0.39, 0.29) is 5.54 Å². The second kappa shape index (κ2) is 6.36. The second-order valence-corrected chi connectivity index (χ2v) is 6.26. The quantitative estimate of drug-likeness (QED) is 0.783. The molecule has 0 bridgehead atoms. The predicted octanol–water partition coefficient (Wildman–Crippen LogP) is 2.39. The van der Waals surface area contributed by atoms with Gasteiger partial charge in [0.2, 0.25) is 0 Å². The van der Waals surface area contributed by atoms with E-state index in [0.717, 1.165) is 25.7 Å². The fraction of sp³-hybridized carbons (Fsp3) is 1.00. The topological polar surface area (TPSA) is 38.5 Å². The molecule has 2 N–H and O–H groups in total. The van der Waals surface area contributed by atoms with E-state index >= 15 is 0 Å².